The molecule has 0 radical (unpaired) electrons. The van der Waals surface area contributed by atoms with Crippen LogP contribution in [-0.4, -0.2) is 82.4 Å². The Kier molecular flexibility index (Phi) is 36.5. The minimum atomic E-state index is -3.31. The van der Waals surface area contributed by atoms with Crippen molar-refractivity contribution >= 4 is 68.0 Å². The fraction of sp³-hybridized carbons (Fsp3) is 0.500. The highest BCUT2D eigenvalue weighted by Gasteiger charge is 2.35. The molecule has 560 valence electrons. The number of carbonyl (C=O) groups excluding carboxylic acids is 5. The SMILES string of the molecule is C.C.C.C.C.C.CC(C)Cc1ccc2c(c1)C(=O)NCC2.CC(C)Cc1ccc2c(c1)N(C)C(=O)CO2.CC(C)Cc1ccc2c(c1)NC(=O)C(C)(C)O2.CC(C)Cc1ccc2c(c1)NC(=O)C(C)O2.CC(C)Cc1ccc2c(c1)NC(=O)CO2.CC(C)Cc1ccc2c(c1)NS(=O)(=O)CO2. The Morgan fingerprint density at radius 2 is 0.891 bits per heavy atom. The van der Waals surface area contributed by atoms with Gasteiger partial charge in [0.1, 0.15) is 28.7 Å². The number of benzene rings is 6. The van der Waals surface area contributed by atoms with Gasteiger partial charge < -0.3 is 49.9 Å². The number of nitrogens with zero attached hydrogens (tertiary/aromatic N) is 1. The molecule has 0 aliphatic carbocycles. The highest BCUT2D eigenvalue weighted by molar-refractivity contribution is 7.92. The molecule has 6 aromatic rings. The van der Waals surface area contributed by atoms with Gasteiger partial charge in [0.2, 0.25) is 5.94 Å². The number of rotatable bonds is 12. The van der Waals surface area contributed by atoms with E-state index in [-0.39, 0.29) is 93.2 Å². The number of anilines is 5. The Balaban J connectivity index is 0.000000599. The molecule has 6 heterocycles. The molecule has 6 aromatic carbocycles. The third kappa shape index (κ3) is 27.4. The number of ether oxygens (including phenoxy) is 5. The Morgan fingerprint density at radius 3 is 1.40 bits per heavy atom. The second-order valence-electron chi connectivity index (χ2n) is 28.1. The highest BCUT2D eigenvalue weighted by Crippen LogP contribution is 2.37. The predicted octanol–water partition coefficient (Wildman–Crippen LogP) is 18.0. The number of nitrogens with one attached hydrogen (secondary N) is 5. The Labute approximate surface area is 607 Å². The molecule has 1 unspecified atom stereocenters. The first kappa shape index (κ1) is 90.4. The maximum atomic E-state index is 11.8. The Morgan fingerprint density at radius 1 is 0.485 bits per heavy atom. The molecule has 5 amide bonds. The lowest BCUT2D eigenvalue weighted by Gasteiger charge is -2.31. The molecule has 0 spiro atoms. The van der Waals surface area contributed by atoms with E-state index in [2.05, 4.69) is 145 Å². The smallest absolute Gasteiger partial charge is 0.268 e. The van der Waals surface area contributed by atoms with Crippen LogP contribution in [0.1, 0.15) is 198 Å². The summed E-state index contributed by atoms with van der Waals surface area (Å²) < 4.78 is 52.1. The first-order valence-corrected chi connectivity index (χ1v) is 34.9. The number of sulfonamides is 1. The molecule has 0 bridgehead atoms. The van der Waals surface area contributed by atoms with E-state index in [9.17, 15) is 32.4 Å². The molecule has 12 rings (SSSR count). The van der Waals surface area contributed by atoms with Gasteiger partial charge in [0, 0.05) is 19.2 Å². The zero-order valence-corrected chi connectivity index (χ0v) is 59.3. The summed E-state index contributed by atoms with van der Waals surface area (Å²) in [5.41, 5.74) is 12.4. The van der Waals surface area contributed by atoms with Crippen LogP contribution in [0.2, 0.25) is 0 Å². The summed E-state index contributed by atoms with van der Waals surface area (Å²) in [4.78, 5) is 59.1. The molecule has 0 saturated carbocycles. The van der Waals surface area contributed by atoms with Crippen LogP contribution in [0.15, 0.2) is 109 Å². The molecule has 0 saturated heterocycles. The minimum absolute atomic E-state index is 0. The summed E-state index contributed by atoms with van der Waals surface area (Å²) in [6, 6.07) is 36.0. The fourth-order valence-electron chi connectivity index (χ4n) is 11.2. The molecule has 1 atom stereocenters. The van der Waals surface area contributed by atoms with Crippen molar-refractivity contribution in [2.75, 3.05) is 58.3 Å². The van der Waals surface area contributed by atoms with Gasteiger partial charge in [-0.1, -0.05) is 170 Å². The van der Waals surface area contributed by atoms with E-state index in [1.165, 1.54) is 33.4 Å². The summed E-state index contributed by atoms with van der Waals surface area (Å²) in [6.45, 7) is 32.4. The molecule has 5 N–H and O–H groups in total. The van der Waals surface area contributed by atoms with Crippen LogP contribution in [0.25, 0.3) is 0 Å². The van der Waals surface area contributed by atoms with Gasteiger partial charge >= 0.3 is 0 Å². The van der Waals surface area contributed by atoms with Gasteiger partial charge in [-0.15, -0.1) is 0 Å². The van der Waals surface area contributed by atoms with Crippen LogP contribution in [0.3, 0.4) is 0 Å². The third-order valence-electron chi connectivity index (χ3n) is 15.6. The minimum Gasteiger partial charge on any atom is -0.482 e. The van der Waals surface area contributed by atoms with Gasteiger partial charge in [0.15, 0.2) is 24.9 Å². The van der Waals surface area contributed by atoms with E-state index in [0.29, 0.717) is 46.9 Å². The van der Waals surface area contributed by atoms with E-state index in [0.717, 1.165) is 108 Å². The van der Waals surface area contributed by atoms with Crippen molar-refractivity contribution in [3.8, 4) is 28.7 Å². The molecule has 6 aliphatic heterocycles. The normalized spacial score (nSPS) is 15.4. The number of carbonyl (C=O) groups is 5. The number of likely N-dealkylation sites (N-methyl/N-ethyl adjacent to an activating group) is 1. The predicted molar refractivity (Wildman–Crippen MR) is 419 cm³/mol. The van der Waals surface area contributed by atoms with Gasteiger partial charge in [-0.25, -0.2) is 8.42 Å². The number of hydrogen-bond donors (Lipinski definition) is 5. The first-order valence-electron chi connectivity index (χ1n) is 33.3. The van der Waals surface area contributed by atoms with Gasteiger partial charge in [-0.05, 0) is 207 Å². The van der Waals surface area contributed by atoms with Crippen molar-refractivity contribution in [2.24, 2.45) is 35.5 Å². The molecular formula is C82H124N6O12S. The second-order valence-corrected chi connectivity index (χ2v) is 29.8. The van der Waals surface area contributed by atoms with E-state index >= 15 is 0 Å². The van der Waals surface area contributed by atoms with Gasteiger partial charge in [-0.2, -0.15) is 0 Å². The summed E-state index contributed by atoms with van der Waals surface area (Å²) in [5, 5.41) is 11.4. The van der Waals surface area contributed by atoms with Crippen molar-refractivity contribution in [1.82, 2.24) is 5.32 Å². The van der Waals surface area contributed by atoms with E-state index in [1.54, 1.807) is 32.7 Å². The summed E-state index contributed by atoms with van der Waals surface area (Å²) >= 11 is 0. The summed E-state index contributed by atoms with van der Waals surface area (Å²) in [5.74, 6) is 6.84. The van der Waals surface area contributed by atoms with Crippen LogP contribution in [-0.2, 0) is 74.1 Å². The van der Waals surface area contributed by atoms with Crippen molar-refractivity contribution < 1.29 is 56.1 Å². The monoisotopic (exact) mass is 1420 g/mol. The molecule has 0 fully saturated rings. The quantitative estimate of drug-likeness (QED) is 0.0771. The van der Waals surface area contributed by atoms with Gasteiger partial charge in [0.25, 0.3) is 39.6 Å². The van der Waals surface area contributed by atoms with E-state index < -0.39 is 21.7 Å². The van der Waals surface area contributed by atoms with Crippen molar-refractivity contribution in [2.45, 2.75) is 205 Å². The van der Waals surface area contributed by atoms with Crippen molar-refractivity contribution in [1.29, 1.82) is 0 Å². The molecule has 0 aromatic heterocycles. The highest BCUT2D eigenvalue weighted by atomic mass is 32.2. The largest absolute Gasteiger partial charge is 0.482 e. The number of hydrogen-bond acceptors (Lipinski definition) is 12. The number of amides is 5. The van der Waals surface area contributed by atoms with Crippen LogP contribution in [0.5, 0.6) is 28.7 Å². The maximum absolute atomic E-state index is 11.8. The van der Waals surface area contributed by atoms with Gasteiger partial charge in [-0.3, -0.25) is 28.7 Å². The summed E-state index contributed by atoms with van der Waals surface area (Å²) in [6.07, 6.45) is 6.59. The van der Waals surface area contributed by atoms with Crippen molar-refractivity contribution in [3.63, 3.8) is 0 Å². The summed E-state index contributed by atoms with van der Waals surface area (Å²) in [7, 11) is -1.52. The van der Waals surface area contributed by atoms with Crippen LogP contribution >= 0.6 is 0 Å². The Bertz CT molecular complexity index is 3800. The lowest BCUT2D eigenvalue weighted by atomic mass is 9.94. The Hall–Kier alpha value is -8.58. The van der Waals surface area contributed by atoms with Gasteiger partial charge in [0.05, 0.1) is 28.4 Å². The standard InChI is InChI=1S/C14H19NO2.2C13H17NO2.C13H17NO.C12H15NO2.C11H15NO3S.6CH4/c1-9(2)7-10-5-6-12-11(8-10)15-13(16)14(3,4)17-12;1-9(2)6-10-4-5-12-11(7-10)14(3)13(15)8-16-12;1-8(2)6-10-4-5-12-11(7-10)14-13(15)9(3)16-12;1-9(2)7-10-3-4-11-5-6-14-13(15)12(11)8-10;1-8(2)5-9-3-4-11-10(6-9)13-12(14)7-15-11;1-8(2)5-9-3-4-11-10(6-9)12-16(13,14)7-15-11;;;;;;/h5-6,8-9H,7H2,1-4H3,(H,15,16);4-5,7,9H,6,8H2,1-3H3;4-5,7-9H,6H2,1-3H3,(H,14,15);3-4,8-9H,5-7H2,1-2H3,(H,14,15);3-4,6,8H,5,7H2,1-2H3,(H,13,14);3-4,6,8,12H,5,7H2,1-2H3;6*1H4. The van der Waals surface area contributed by atoms with Crippen LogP contribution < -0.4 is 54.6 Å². The average molecular weight is 1420 g/mol. The third-order valence-corrected chi connectivity index (χ3v) is 16.6. The van der Waals surface area contributed by atoms with Crippen LogP contribution in [0, 0.1) is 35.5 Å². The second kappa shape index (κ2) is 40.8. The van der Waals surface area contributed by atoms with Crippen molar-refractivity contribution in [3.05, 3.63) is 154 Å². The molecule has 6 aliphatic rings. The lowest BCUT2D eigenvalue weighted by molar-refractivity contribution is -0.129. The average Bonchev–Trinajstić information content (AvgIpc) is 0.800. The van der Waals surface area contributed by atoms with E-state index in [1.807, 2.05) is 72.8 Å². The topological polar surface area (TPSA) is 229 Å². The van der Waals surface area contributed by atoms with Crippen LogP contribution in [0.4, 0.5) is 28.4 Å². The van der Waals surface area contributed by atoms with E-state index in [4.69, 9.17) is 23.7 Å². The molecule has 19 heteroatoms. The molecular weight excluding hydrogens is 1290 g/mol. The zero-order chi connectivity index (χ0) is 69.5. The molecule has 101 heavy (non-hydrogen) atoms. The molecule has 18 nitrogen and oxygen atoms in total. The number of fused-ring (bicyclic) bond motifs is 6. The lowest BCUT2D eigenvalue weighted by Crippen LogP contribution is -2.45. The first-order chi connectivity index (χ1) is 44.8. The zero-order valence-electron chi connectivity index (χ0n) is 58.5. The fourth-order valence-corrected chi connectivity index (χ4v) is 12.1. The maximum Gasteiger partial charge on any atom is 0.268 e.